The molecule has 33 heavy (non-hydrogen) atoms. The summed E-state index contributed by atoms with van der Waals surface area (Å²) in [5.41, 5.74) is 11.5. The van der Waals surface area contributed by atoms with Crippen LogP contribution in [0.1, 0.15) is 24.3 Å². The maximum atomic E-state index is 13.2. The molecule has 5 N–H and O–H groups in total. The van der Waals surface area contributed by atoms with E-state index in [4.69, 9.17) is 11.5 Å². The van der Waals surface area contributed by atoms with E-state index in [0.29, 0.717) is 20.9 Å². The number of allylic oxidation sites excluding steroid dienone is 2. The van der Waals surface area contributed by atoms with Gasteiger partial charge in [0.05, 0.1) is 23.7 Å². The standard InChI is InChI=1S/C22H20N4O7/c23-21(32)25-17(28)10-6-5-8-11(15(10)19(25)30)7-12-16(20(31)26(18(12)29)22(24)33)14(8)9-3-1-2-4-13(9)27/h1-5,10-12,14-16,27H,6-7H2,(H2,23,32)(H2,24,33)/t10-,11+,12+,14+,15-,16+/m0/s1. The monoisotopic (exact) mass is 452 g/mol. The number of benzene rings is 1. The minimum Gasteiger partial charge on any atom is -0.508 e. The zero-order valence-corrected chi connectivity index (χ0v) is 17.2. The SMILES string of the molecule is NC(=O)N1C(=O)[C@H]2[C@H](CC=C3[C@H]2C[C@H]2C(=O)N(C(N)=O)C(=O)[C@H]2[C@H]3c2ccccc2O)C1=O. The molecule has 1 saturated carbocycles. The second kappa shape index (κ2) is 6.99. The molecular weight excluding hydrogens is 432 g/mol. The lowest BCUT2D eigenvalue weighted by atomic mass is 9.57. The molecule has 0 radical (unpaired) electrons. The summed E-state index contributed by atoms with van der Waals surface area (Å²) in [6.45, 7) is 0. The van der Waals surface area contributed by atoms with Gasteiger partial charge in [-0.1, -0.05) is 29.8 Å². The van der Waals surface area contributed by atoms with Crippen LogP contribution in [0.4, 0.5) is 9.59 Å². The van der Waals surface area contributed by atoms with Crippen LogP contribution in [0, 0.1) is 29.6 Å². The summed E-state index contributed by atoms with van der Waals surface area (Å²) in [5, 5.41) is 10.6. The van der Waals surface area contributed by atoms with E-state index < -0.39 is 71.2 Å². The van der Waals surface area contributed by atoms with Crippen LogP contribution < -0.4 is 11.5 Å². The Hall–Kier alpha value is -4.02. The number of primary amides is 2. The van der Waals surface area contributed by atoms with Crippen LogP contribution >= 0.6 is 0 Å². The lowest BCUT2D eigenvalue weighted by molar-refractivity contribution is -0.138. The third kappa shape index (κ3) is 2.68. The molecule has 170 valence electrons. The number of likely N-dealkylation sites (tertiary alicyclic amines) is 2. The lowest BCUT2D eigenvalue weighted by Crippen LogP contribution is -2.44. The largest absolute Gasteiger partial charge is 0.508 e. The van der Waals surface area contributed by atoms with Crippen LogP contribution in [0.25, 0.3) is 0 Å². The number of hydrogen-bond acceptors (Lipinski definition) is 7. The number of imide groups is 6. The Bertz CT molecular complexity index is 1190. The third-order valence-electron chi connectivity index (χ3n) is 7.36. The van der Waals surface area contributed by atoms with Crippen LogP contribution in [0.2, 0.25) is 0 Å². The number of carbonyl (C=O) groups excluding carboxylic acids is 6. The van der Waals surface area contributed by atoms with Gasteiger partial charge in [0.1, 0.15) is 5.75 Å². The summed E-state index contributed by atoms with van der Waals surface area (Å²) in [6, 6.07) is 3.94. The van der Waals surface area contributed by atoms with E-state index in [1.807, 2.05) is 0 Å². The Balaban J connectivity index is 1.67. The van der Waals surface area contributed by atoms with Crippen molar-refractivity contribution in [3.05, 3.63) is 41.5 Å². The van der Waals surface area contributed by atoms with Gasteiger partial charge in [-0.3, -0.25) is 19.2 Å². The Morgan fingerprint density at radius 3 is 2.00 bits per heavy atom. The van der Waals surface area contributed by atoms with E-state index in [2.05, 4.69) is 0 Å². The molecule has 5 rings (SSSR count). The molecule has 2 aliphatic heterocycles. The number of para-hydroxylation sites is 1. The first kappa shape index (κ1) is 20.9. The Morgan fingerprint density at radius 2 is 1.39 bits per heavy atom. The maximum Gasteiger partial charge on any atom is 0.328 e. The lowest BCUT2D eigenvalue weighted by Gasteiger charge is -2.44. The van der Waals surface area contributed by atoms with Gasteiger partial charge in [0.15, 0.2) is 0 Å². The molecule has 8 amide bonds. The number of fused-ring (bicyclic) bond motifs is 4. The molecule has 0 aromatic heterocycles. The van der Waals surface area contributed by atoms with Gasteiger partial charge in [0.2, 0.25) is 23.6 Å². The second-order valence-electron chi connectivity index (χ2n) is 8.78. The number of nitrogens with two attached hydrogens (primary N) is 2. The van der Waals surface area contributed by atoms with Crippen molar-refractivity contribution in [3.63, 3.8) is 0 Å². The molecule has 6 atom stereocenters. The Kier molecular flexibility index (Phi) is 4.42. The van der Waals surface area contributed by atoms with Gasteiger partial charge in [0.25, 0.3) is 0 Å². The summed E-state index contributed by atoms with van der Waals surface area (Å²) >= 11 is 0. The van der Waals surface area contributed by atoms with Gasteiger partial charge < -0.3 is 16.6 Å². The molecule has 2 heterocycles. The number of rotatable bonds is 1. The molecule has 1 aromatic rings. The molecular formula is C22H20N4O7. The van der Waals surface area contributed by atoms with Crippen molar-refractivity contribution in [2.45, 2.75) is 18.8 Å². The third-order valence-corrected chi connectivity index (χ3v) is 7.36. The summed E-state index contributed by atoms with van der Waals surface area (Å²) in [7, 11) is 0. The Labute approximate surface area is 187 Å². The fourth-order valence-electron chi connectivity index (χ4n) is 6.12. The van der Waals surface area contributed by atoms with E-state index in [1.165, 1.54) is 6.07 Å². The van der Waals surface area contributed by atoms with E-state index in [0.717, 1.165) is 0 Å². The topological polar surface area (TPSA) is 181 Å². The summed E-state index contributed by atoms with van der Waals surface area (Å²) in [6.07, 6.45) is 1.88. The molecule has 2 saturated heterocycles. The Morgan fingerprint density at radius 1 is 0.818 bits per heavy atom. The van der Waals surface area contributed by atoms with E-state index >= 15 is 0 Å². The first-order valence-electron chi connectivity index (χ1n) is 10.5. The highest BCUT2D eigenvalue weighted by Crippen LogP contribution is 2.58. The van der Waals surface area contributed by atoms with Gasteiger partial charge in [-0.2, -0.15) is 9.80 Å². The summed E-state index contributed by atoms with van der Waals surface area (Å²) in [4.78, 5) is 76.4. The van der Waals surface area contributed by atoms with Crippen LogP contribution in [0.15, 0.2) is 35.9 Å². The molecule has 3 fully saturated rings. The predicted molar refractivity (Wildman–Crippen MR) is 108 cm³/mol. The highest BCUT2D eigenvalue weighted by atomic mass is 16.3. The molecule has 0 bridgehead atoms. The van der Waals surface area contributed by atoms with Crippen molar-refractivity contribution >= 4 is 35.7 Å². The second-order valence-corrected chi connectivity index (χ2v) is 8.78. The van der Waals surface area contributed by atoms with Gasteiger partial charge in [-0.15, -0.1) is 0 Å². The smallest absolute Gasteiger partial charge is 0.328 e. The predicted octanol–water partition coefficient (Wildman–Crippen LogP) is 0.186. The molecule has 1 aromatic carbocycles. The van der Waals surface area contributed by atoms with E-state index in [-0.39, 0.29) is 18.6 Å². The first-order chi connectivity index (χ1) is 15.6. The molecule has 4 aliphatic rings. The summed E-state index contributed by atoms with van der Waals surface area (Å²) in [5.74, 6) is -8.32. The van der Waals surface area contributed by atoms with Crippen molar-refractivity contribution < 1.29 is 33.9 Å². The van der Waals surface area contributed by atoms with Gasteiger partial charge in [0, 0.05) is 11.5 Å². The number of phenolic OH excluding ortho intramolecular Hbond substituents is 1. The highest BCUT2D eigenvalue weighted by molar-refractivity contribution is 6.18. The van der Waals surface area contributed by atoms with Crippen molar-refractivity contribution in [2.24, 2.45) is 41.1 Å². The number of amides is 8. The van der Waals surface area contributed by atoms with Crippen LogP contribution in [0.3, 0.4) is 0 Å². The van der Waals surface area contributed by atoms with Gasteiger partial charge >= 0.3 is 12.1 Å². The average molecular weight is 452 g/mol. The minimum absolute atomic E-state index is 0.0156. The fraction of sp³-hybridized carbons (Fsp3) is 0.364. The van der Waals surface area contributed by atoms with Crippen LogP contribution in [-0.4, -0.2) is 50.6 Å². The van der Waals surface area contributed by atoms with Gasteiger partial charge in [-0.05, 0) is 24.8 Å². The molecule has 0 unspecified atom stereocenters. The van der Waals surface area contributed by atoms with Crippen molar-refractivity contribution in [2.75, 3.05) is 0 Å². The normalized spacial score (nSPS) is 32.9. The number of phenols is 1. The fourth-order valence-corrected chi connectivity index (χ4v) is 6.12. The average Bonchev–Trinajstić information content (AvgIpc) is 3.17. The van der Waals surface area contributed by atoms with Crippen LogP contribution in [-0.2, 0) is 19.2 Å². The summed E-state index contributed by atoms with van der Waals surface area (Å²) < 4.78 is 0. The van der Waals surface area contributed by atoms with Gasteiger partial charge in [-0.25, -0.2) is 9.59 Å². The quantitative estimate of drug-likeness (QED) is 0.401. The highest BCUT2D eigenvalue weighted by Gasteiger charge is 2.63. The van der Waals surface area contributed by atoms with Crippen molar-refractivity contribution in [3.8, 4) is 5.75 Å². The number of aromatic hydroxyl groups is 1. The molecule has 2 aliphatic carbocycles. The zero-order chi connectivity index (χ0) is 23.8. The number of carbonyl (C=O) groups is 6. The number of hydrogen-bond donors (Lipinski definition) is 3. The molecule has 11 heteroatoms. The van der Waals surface area contributed by atoms with E-state index in [9.17, 15) is 33.9 Å². The first-order valence-corrected chi connectivity index (χ1v) is 10.5. The zero-order valence-electron chi connectivity index (χ0n) is 17.2. The van der Waals surface area contributed by atoms with Crippen molar-refractivity contribution in [1.29, 1.82) is 0 Å². The number of nitrogens with zero attached hydrogens (tertiary/aromatic N) is 2. The number of urea groups is 2. The van der Waals surface area contributed by atoms with Crippen LogP contribution in [0.5, 0.6) is 5.75 Å². The minimum atomic E-state index is -1.20. The molecule has 0 spiro atoms. The van der Waals surface area contributed by atoms with E-state index in [1.54, 1.807) is 24.3 Å². The van der Waals surface area contributed by atoms with Crippen molar-refractivity contribution in [1.82, 2.24) is 9.80 Å². The maximum absolute atomic E-state index is 13.2. The molecule has 11 nitrogen and oxygen atoms in total.